The van der Waals surface area contributed by atoms with E-state index < -0.39 is 0 Å². The zero-order chi connectivity index (χ0) is 21.9. The molecule has 7 heteroatoms. The predicted molar refractivity (Wildman–Crippen MR) is 124 cm³/mol. The second-order valence-corrected chi connectivity index (χ2v) is 8.62. The molecule has 0 radical (unpaired) electrons. The number of hydrogen-bond donors (Lipinski definition) is 3. The van der Waals surface area contributed by atoms with E-state index in [2.05, 4.69) is 33.1 Å². The first-order valence-electron chi connectivity index (χ1n) is 11.8. The van der Waals surface area contributed by atoms with E-state index in [0.29, 0.717) is 25.0 Å². The minimum atomic E-state index is -0.0211. The molecule has 0 bridgehead atoms. The van der Waals surface area contributed by atoms with Crippen molar-refractivity contribution in [3.05, 3.63) is 35.9 Å². The van der Waals surface area contributed by atoms with Crippen molar-refractivity contribution in [2.45, 2.75) is 57.9 Å². The van der Waals surface area contributed by atoms with Gasteiger partial charge >= 0.3 is 0 Å². The van der Waals surface area contributed by atoms with Crippen molar-refractivity contribution in [3.63, 3.8) is 0 Å². The van der Waals surface area contributed by atoms with Crippen LogP contribution in [0.3, 0.4) is 0 Å². The Morgan fingerprint density at radius 3 is 2.65 bits per heavy atom. The zero-order valence-electron chi connectivity index (χ0n) is 18.7. The zero-order valence-corrected chi connectivity index (χ0v) is 18.7. The summed E-state index contributed by atoms with van der Waals surface area (Å²) >= 11 is 0. The summed E-state index contributed by atoms with van der Waals surface area (Å²) in [6.07, 6.45) is 7.25. The van der Waals surface area contributed by atoms with E-state index >= 15 is 0 Å². The summed E-state index contributed by atoms with van der Waals surface area (Å²) < 4.78 is 0. The minimum absolute atomic E-state index is 0.0211. The van der Waals surface area contributed by atoms with Gasteiger partial charge in [0.1, 0.15) is 6.54 Å². The fraction of sp³-hybridized carbons (Fsp3) is 0.625. The van der Waals surface area contributed by atoms with Crippen LogP contribution in [0.4, 0.5) is 0 Å². The number of likely N-dealkylation sites (tertiary alicyclic amines) is 1. The van der Waals surface area contributed by atoms with E-state index in [1.807, 2.05) is 30.0 Å². The van der Waals surface area contributed by atoms with Gasteiger partial charge in [-0.2, -0.15) is 0 Å². The highest BCUT2D eigenvalue weighted by Crippen LogP contribution is 2.18. The van der Waals surface area contributed by atoms with E-state index in [9.17, 15) is 9.59 Å². The molecule has 1 unspecified atom stereocenters. The lowest BCUT2D eigenvalue weighted by atomic mass is 9.95. The molecule has 2 amide bonds. The van der Waals surface area contributed by atoms with Crippen molar-refractivity contribution in [2.75, 3.05) is 32.7 Å². The number of carbonyl (C=O) groups is 2. The molecule has 2 fully saturated rings. The van der Waals surface area contributed by atoms with E-state index in [4.69, 9.17) is 0 Å². The summed E-state index contributed by atoms with van der Waals surface area (Å²) in [6.45, 7) is 5.05. The van der Waals surface area contributed by atoms with Gasteiger partial charge in [-0.3, -0.25) is 9.59 Å². The van der Waals surface area contributed by atoms with Crippen LogP contribution in [0.25, 0.3) is 0 Å². The molecule has 1 atom stereocenters. The second kappa shape index (κ2) is 12.3. The molecule has 2 aliphatic rings. The van der Waals surface area contributed by atoms with Gasteiger partial charge in [0.05, 0.1) is 0 Å². The van der Waals surface area contributed by atoms with E-state index in [1.165, 1.54) is 24.8 Å². The third-order valence-corrected chi connectivity index (χ3v) is 6.06. The smallest absolute Gasteiger partial charge is 0.242 e. The fourth-order valence-corrected chi connectivity index (χ4v) is 4.37. The number of amides is 2. The van der Waals surface area contributed by atoms with Crippen molar-refractivity contribution in [2.24, 2.45) is 10.9 Å². The van der Waals surface area contributed by atoms with Gasteiger partial charge in [-0.25, -0.2) is 4.99 Å². The number of guanidine groups is 1. The van der Waals surface area contributed by atoms with E-state index in [-0.39, 0.29) is 24.3 Å². The Morgan fingerprint density at radius 2 is 1.90 bits per heavy atom. The van der Waals surface area contributed by atoms with E-state index in [0.717, 1.165) is 38.9 Å². The summed E-state index contributed by atoms with van der Waals surface area (Å²) in [6, 6.07) is 10.6. The highest BCUT2D eigenvalue weighted by atomic mass is 16.2. The molecule has 3 N–H and O–H groups in total. The second-order valence-electron chi connectivity index (χ2n) is 8.62. The number of aliphatic imine (C=N–C) groups is 1. The number of nitrogens with zero attached hydrogens (tertiary/aromatic N) is 2. The van der Waals surface area contributed by atoms with Crippen LogP contribution in [-0.4, -0.2) is 61.4 Å². The lowest BCUT2D eigenvalue weighted by Gasteiger charge is -2.22. The summed E-state index contributed by atoms with van der Waals surface area (Å²) in [4.78, 5) is 31.0. The van der Waals surface area contributed by atoms with Crippen molar-refractivity contribution >= 4 is 17.8 Å². The Morgan fingerprint density at radius 1 is 1.13 bits per heavy atom. The molecule has 170 valence electrons. The molecule has 1 saturated carbocycles. The molecule has 31 heavy (non-hydrogen) atoms. The van der Waals surface area contributed by atoms with Crippen LogP contribution >= 0.6 is 0 Å². The van der Waals surface area contributed by atoms with Gasteiger partial charge in [0.25, 0.3) is 0 Å². The molecule has 1 heterocycles. The standard InChI is InChI=1S/C24H37N5O2/c1-2-25-24(27-17-22(30)28-21-11-7-4-8-12-21)26-16-20-15-23(31)29(18-20)14-13-19-9-5-3-6-10-19/h3,5-6,9-10,20-21H,2,4,7-8,11-18H2,1H3,(H,28,30)(H2,25,26,27). The maximum absolute atomic E-state index is 12.4. The SMILES string of the molecule is CCNC(=NCC(=O)NC1CCCCC1)NCC1CC(=O)N(CCc2ccccc2)C1. The Labute approximate surface area is 186 Å². The summed E-state index contributed by atoms with van der Waals surface area (Å²) in [5, 5.41) is 9.61. The average molecular weight is 428 g/mol. The Balaban J connectivity index is 1.41. The van der Waals surface area contributed by atoms with Gasteiger partial charge < -0.3 is 20.9 Å². The van der Waals surface area contributed by atoms with Gasteiger partial charge in [-0.1, -0.05) is 49.6 Å². The van der Waals surface area contributed by atoms with Crippen LogP contribution in [-0.2, 0) is 16.0 Å². The Kier molecular flexibility index (Phi) is 9.18. The molecule has 1 aromatic rings. The van der Waals surface area contributed by atoms with E-state index in [1.54, 1.807) is 0 Å². The largest absolute Gasteiger partial charge is 0.357 e. The van der Waals surface area contributed by atoms with Gasteiger partial charge in [0.2, 0.25) is 11.8 Å². The minimum Gasteiger partial charge on any atom is -0.357 e. The highest BCUT2D eigenvalue weighted by molar-refractivity contribution is 5.85. The molecule has 1 aliphatic heterocycles. The fourth-order valence-electron chi connectivity index (χ4n) is 4.37. The van der Waals surface area contributed by atoms with Crippen LogP contribution in [0.5, 0.6) is 0 Å². The van der Waals surface area contributed by atoms with Crippen molar-refractivity contribution < 1.29 is 9.59 Å². The number of carbonyl (C=O) groups excluding carboxylic acids is 2. The maximum atomic E-state index is 12.4. The lowest BCUT2D eigenvalue weighted by Crippen LogP contribution is -2.42. The van der Waals surface area contributed by atoms with Crippen LogP contribution in [0, 0.1) is 5.92 Å². The maximum Gasteiger partial charge on any atom is 0.242 e. The molecular weight excluding hydrogens is 390 g/mol. The summed E-state index contributed by atoms with van der Waals surface area (Å²) in [7, 11) is 0. The van der Waals surface area contributed by atoms with Crippen molar-refractivity contribution in [1.82, 2.24) is 20.9 Å². The molecular formula is C24H37N5O2. The Bertz CT molecular complexity index is 731. The Hall–Kier alpha value is -2.57. The van der Waals surface area contributed by atoms with Crippen LogP contribution in [0.15, 0.2) is 35.3 Å². The normalized spacial score (nSPS) is 20.0. The topological polar surface area (TPSA) is 85.8 Å². The molecule has 3 rings (SSSR count). The molecule has 1 aliphatic carbocycles. The quantitative estimate of drug-likeness (QED) is 0.416. The lowest BCUT2D eigenvalue weighted by molar-refractivity contribution is -0.127. The number of rotatable bonds is 9. The first-order chi connectivity index (χ1) is 15.1. The van der Waals surface area contributed by atoms with Gasteiger partial charge in [-0.05, 0) is 31.7 Å². The molecule has 7 nitrogen and oxygen atoms in total. The molecule has 1 aromatic carbocycles. The number of hydrogen-bond acceptors (Lipinski definition) is 3. The van der Waals surface area contributed by atoms with Crippen LogP contribution in [0.1, 0.15) is 51.0 Å². The van der Waals surface area contributed by atoms with Crippen molar-refractivity contribution in [1.29, 1.82) is 0 Å². The van der Waals surface area contributed by atoms with Gasteiger partial charge in [-0.15, -0.1) is 0 Å². The van der Waals surface area contributed by atoms with Crippen molar-refractivity contribution in [3.8, 4) is 0 Å². The first kappa shape index (κ1) is 23.1. The third kappa shape index (κ3) is 7.89. The predicted octanol–water partition coefficient (Wildman–Crippen LogP) is 2.08. The van der Waals surface area contributed by atoms with Gasteiger partial charge in [0, 0.05) is 44.6 Å². The van der Waals surface area contributed by atoms with Gasteiger partial charge in [0.15, 0.2) is 5.96 Å². The number of benzene rings is 1. The average Bonchev–Trinajstić information content (AvgIpc) is 3.15. The summed E-state index contributed by atoms with van der Waals surface area (Å²) in [5.41, 5.74) is 1.25. The third-order valence-electron chi connectivity index (χ3n) is 6.06. The molecule has 0 aromatic heterocycles. The number of nitrogens with one attached hydrogen (secondary N) is 3. The van der Waals surface area contributed by atoms with Crippen LogP contribution in [0.2, 0.25) is 0 Å². The monoisotopic (exact) mass is 427 g/mol. The molecule has 1 saturated heterocycles. The highest BCUT2D eigenvalue weighted by Gasteiger charge is 2.29. The first-order valence-corrected chi connectivity index (χ1v) is 11.8. The van der Waals surface area contributed by atoms with Crippen LogP contribution < -0.4 is 16.0 Å². The molecule has 0 spiro atoms. The summed E-state index contributed by atoms with van der Waals surface area (Å²) in [5.74, 6) is 1.09.